The summed E-state index contributed by atoms with van der Waals surface area (Å²) >= 11 is 0. The highest BCUT2D eigenvalue weighted by molar-refractivity contribution is 5.70. The van der Waals surface area contributed by atoms with Gasteiger partial charge in [-0.15, -0.1) is 0 Å². The van der Waals surface area contributed by atoms with Crippen molar-refractivity contribution in [3.63, 3.8) is 0 Å². The van der Waals surface area contributed by atoms with Gasteiger partial charge in [0.15, 0.2) is 0 Å². The Morgan fingerprint density at radius 2 is 2.05 bits per heavy atom. The molecule has 1 heterocycles. The predicted molar refractivity (Wildman–Crippen MR) is 73.1 cm³/mol. The van der Waals surface area contributed by atoms with Gasteiger partial charge in [-0.05, 0) is 31.0 Å². The van der Waals surface area contributed by atoms with E-state index in [9.17, 15) is 4.79 Å². The van der Waals surface area contributed by atoms with E-state index in [1.54, 1.807) is 0 Å². The number of ether oxygens (including phenoxy) is 1. The molecule has 1 N–H and O–H groups in total. The van der Waals surface area contributed by atoms with E-state index in [1.807, 2.05) is 24.3 Å². The van der Waals surface area contributed by atoms with Crippen LogP contribution in [0.3, 0.4) is 0 Å². The molecule has 0 radical (unpaired) electrons. The van der Waals surface area contributed by atoms with Crippen molar-refractivity contribution in [1.82, 2.24) is 4.90 Å². The lowest BCUT2D eigenvalue weighted by molar-refractivity contribution is -0.136. The minimum Gasteiger partial charge on any atom is -0.481 e. The molecule has 1 aliphatic heterocycles. The number of hydrogen-bond donors (Lipinski definition) is 1. The minimum absolute atomic E-state index is 0.0893. The molecule has 0 aromatic heterocycles. The molecule has 1 unspecified atom stereocenters. The van der Waals surface area contributed by atoms with Gasteiger partial charge in [0.2, 0.25) is 0 Å². The Hall–Kier alpha value is -1.39. The topological polar surface area (TPSA) is 49.8 Å². The van der Waals surface area contributed by atoms with Crippen LogP contribution in [0.2, 0.25) is 0 Å². The van der Waals surface area contributed by atoms with Crippen molar-refractivity contribution in [2.45, 2.75) is 31.9 Å². The van der Waals surface area contributed by atoms with Crippen LogP contribution >= 0.6 is 0 Å². The lowest BCUT2D eigenvalue weighted by Crippen LogP contribution is -2.28. The highest BCUT2D eigenvalue weighted by atomic mass is 16.5. The van der Waals surface area contributed by atoms with Crippen molar-refractivity contribution >= 4 is 5.97 Å². The van der Waals surface area contributed by atoms with Crippen molar-refractivity contribution in [1.29, 1.82) is 0 Å². The van der Waals surface area contributed by atoms with Crippen LogP contribution in [0, 0.1) is 0 Å². The standard InChI is InChI=1S/C15H21NO3/c1-16(11-14-3-2-8-19-14)10-13-6-4-12(5-7-13)9-15(17)18/h4-7,14H,2-3,8-11H2,1H3,(H,17,18). The maximum absolute atomic E-state index is 10.6. The van der Waals surface area contributed by atoms with Crippen LogP contribution in [-0.4, -0.2) is 42.3 Å². The third-order valence-electron chi connectivity index (χ3n) is 3.37. The summed E-state index contributed by atoms with van der Waals surface area (Å²) in [6.07, 6.45) is 2.78. The second-order valence-corrected chi connectivity index (χ2v) is 5.22. The maximum Gasteiger partial charge on any atom is 0.307 e. The monoisotopic (exact) mass is 263 g/mol. The molecule has 4 nitrogen and oxygen atoms in total. The number of carboxylic acids is 1. The fourth-order valence-electron chi connectivity index (χ4n) is 2.45. The Labute approximate surface area is 114 Å². The van der Waals surface area contributed by atoms with Gasteiger partial charge in [0.05, 0.1) is 12.5 Å². The number of aliphatic carboxylic acids is 1. The zero-order valence-electron chi connectivity index (χ0n) is 11.3. The number of carbonyl (C=O) groups is 1. The molecular weight excluding hydrogens is 242 g/mol. The van der Waals surface area contributed by atoms with E-state index in [-0.39, 0.29) is 6.42 Å². The van der Waals surface area contributed by atoms with E-state index in [0.717, 1.165) is 31.7 Å². The molecule has 0 amide bonds. The summed E-state index contributed by atoms with van der Waals surface area (Å²) in [6, 6.07) is 7.79. The average Bonchev–Trinajstić information content (AvgIpc) is 2.83. The predicted octanol–water partition coefficient (Wildman–Crippen LogP) is 1.92. The second-order valence-electron chi connectivity index (χ2n) is 5.22. The molecule has 1 aromatic rings. The van der Waals surface area contributed by atoms with Crippen molar-refractivity contribution in [2.75, 3.05) is 20.2 Å². The quantitative estimate of drug-likeness (QED) is 0.852. The van der Waals surface area contributed by atoms with Crippen LogP contribution in [0.1, 0.15) is 24.0 Å². The SMILES string of the molecule is CN(Cc1ccc(CC(=O)O)cc1)CC1CCCO1. The van der Waals surface area contributed by atoms with E-state index in [4.69, 9.17) is 9.84 Å². The van der Waals surface area contributed by atoms with Gasteiger partial charge >= 0.3 is 5.97 Å². The van der Waals surface area contributed by atoms with E-state index in [0.29, 0.717) is 6.10 Å². The van der Waals surface area contributed by atoms with Crippen LogP contribution in [0.15, 0.2) is 24.3 Å². The molecule has 0 spiro atoms. The molecule has 1 atom stereocenters. The lowest BCUT2D eigenvalue weighted by atomic mass is 10.1. The van der Waals surface area contributed by atoms with Gasteiger partial charge in [0.25, 0.3) is 0 Å². The molecule has 1 fully saturated rings. The fourth-order valence-corrected chi connectivity index (χ4v) is 2.45. The number of nitrogens with zero attached hydrogens (tertiary/aromatic N) is 1. The number of hydrogen-bond acceptors (Lipinski definition) is 3. The Kier molecular flexibility index (Phi) is 4.93. The summed E-state index contributed by atoms with van der Waals surface area (Å²) in [7, 11) is 2.09. The third kappa shape index (κ3) is 4.65. The molecule has 1 aromatic carbocycles. The van der Waals surface area contributed by atoms with Gasteiger partial charge in [-0.2, -0.15) is 0 Å². The van der Waals surface area contributed by atoms with Gasteiger partial charge in [0, 0.05) is 19.7 Å². The van der Waals surface area contributed by atoms with Gasteiger partial charge < -0.3 is 9.84 Å². The minimum atomic E-state index is -0.789. The van der Waals surface area contributed by atoms with Crippen molar-refractivity contribution in [3.05, 3.63) is 35.4 Å². The number of benzene rings is 1. The number of rotatable bonds is 6. The molecule has 0 aliphatic carbocycles. The largest absolute Gasteiger partial charge is 0.481 e. The molecule has 19 heavy (non-hydrogen) atoms. The van der Waals surface area contributed by atoms with Crippen molar-refractivity contribution in [2.24, 2.45) is 0 Å². The molecule has 2 rings (SSSR count). The molecule has 104 valence electrons. The lowest BCUT2D eigenvalue weighted by Gasteiger charge is -2.20. The summed E-state index contributed by atoms with van der Waals surface area (Å²) in [5.41, 5.74) is 2.05. The van der Waals surface area contributed by atoms with Crippen LogP contribution < -0.4 is 0 Å². The molecule has 0 bridgehead atoms. The van der Waals surface area contributed by atoms with Crippen LogP contribution in [-0.2, 0) is 22.5 Å². The second kappa shape index (κ2) is 6.68. The molecule has 4 heteroatoms. The maximum atomic E-state index is 10.6. The summed E-state index contributed by atoms with van der Waals surface area (Å²) in [5, 5.41) is 8.72. The van der Waals surface area contributed by atoms with E-state index in [2.05, 4.69) is 11.9 Å². The van der Waals surface area contributed by atoms with Crippen LogP contribution in [0.5, 0.6) is 0 Å². The first kappa shape index (κ1) is 14.0. The third-order valence-corrected chi connectivity index (χ3v) is 3.37. The van der Waals surface area contributed by atoms with Gasteiger partial charge in [-0.25, -0.2) is 0 Å². The van der Waals surface area contributed by atoms with E-state index in [1.165, 1.54) is 12.0 Å². The Bertz CT molecular complexity index is 410. The van der Waals surface area contributed by atoms with Gasteiger partial charge in [-0.1, -0.05) is 24.3 Å². The first-order valence-corrected chi connectivity index (χ1v) is 6.73. The van der Waals surface area contributed by atoms with Gasteiger partial charge in [0.1, 0.15) is 0 Å². The molecule has 1 saturated heterocycles. The number of likely N-dealkylation sites (N-methyl/N-ethyl adjacent to an activating group) is 1. The summed E-state index contributed by atoms with van der Waals surface area (Å²) in [4.78, 5) is 12.9. The van der Waals surface area contributed by atoms with E-state index < -0.39 is 5.97 Å². The van der Waals surface area contributed by atoms with Crippen molar-refractivity contribution < 1.29 is 14.6 Å². The Balaban J connectivity index is 1.82. The fraction of sp³-hybridized carbons (Fsp3) is 0.533. The highest BCUT2D eigenvalue weighted by Gasteiger charge is 2.17. The Morgan fingerprint density at radius 3 is 2.63 bits per heavy atom. The number of carboxylic acid groups (broad SMARTS) is 1. The summed E-state index contributed by atoms with van der Waals surface area (Å²) in [6.45, 7) is 2.71. The van der Waals surface area contributed by atoms with Crippen LogP contribution in [0.4, 0.5) is 0 Å². The summed E-state index contributed by atoms with van der Waals surface area (Å²) in [5.74, 6) is -0.789. The normalized spacial score (nSPS) is 18.9. The first-order chi connectivity index (χ1) is 9.13. The molecular formula is C15H21NO3. The summed E-state index contributed by atoms with van der Waals surface area (Å²) < 4.78 is 5.62. The average molecular weight is 263 g/mol. The van der Waals surface area contributed by atoms with Crippen molar-refractivity contribution in [3.8, 4) is 0 Å². The Morgan fingerprint density at radius 1 is 1.37 bits per heavy atom. The molecule has 0 saturated carbocycles. The van der Waals surface area contributed by atoms with Crippen LogP contribution in [0.25, 0.3) is 0 Å². The highest BCUT2D eigenvalue weighted by Crippen LogP contribution is 2.14. The zero-order chi connectivity index (χ0) is 13.7. The van der Waals surface area contributed by atoms with Gasteiger partial charge in [-0.3, -0.25) is 9.69 Å². The van der Waals surface area contributed by atoms with E-state index >= 15 is 0 Å². The smallest absolute Gasteiger partial charge is 0.307 e. The first-order valence-electron chi connectivity index (χ1n) is 6.73. The molecule has 1 aliphatic rings. The zero-order valence-corrected chi connectivity index (χ0v) is 11.3.